The standard InChI is InChI=1S/C20H27NO3/c1-21(12-8-11-16-9-6-5-7-10-16)15-18-19(23-3)13-17(22-2)14-20(18)24-4/h5-7,9-10,13-14H,8,11-12,15H2,1-4H3. The Balaban J connectivity index is 1.98. The van der Waals surface area contributed by atoms with E-state index in [1.165, 1.54) is 5.56 Å². The first-order valence-electron chi connectivity index (χ1n) is 8.19. The fourth-order valence-electron chi connectivity index (χ4n) is 2.78. The number of methoxy groups -OCH3 is 3. The molecule has 0 unspecified atom stereocenters. The fraction of sp³-hybridized carbons (Fsp3) is 0.400. The molecule has 2 rings (SSSR count). The third-order valence-electron chi connectivity index (χ3n) is 4.09. The van der Waals surface area contributed by atoms with Crippen LogP contribution >= 0.6 is 0 Å². The average Bonchev–Trinajstić information content (AvgIpc) is 2.62. The number of hydrogen-bond acceptors (Lipinski definition) is 4. The zero-order valence-electron chi connectivity index (χ0n) is 15.0. The zero-order chi connectivity index (χ0) is 17.4. The van der Waals surface area contributed by atoms with Gasteiger partial charge in [-0.15, -0.1) is 0 Å². The summed E-state index contributed by atoms with van der Waals surface area (Å²) in [7, 11) is 7.11. The minimum absolute atomic E-state index is 0.735. The van der Waals surface area contributed by atoms with Gasteiger partial charge in [-0.2, -0.15) is 0 Å². The van der Waals surface area contributed by atoms with Crippen molar-refractivity contribution < 1.29 is 14.2 Å². The van der Waals surface area contributed by atoms with E-state index < -0.39 is 0 Å². The van der Waals surface area contributed by atoms with E-state index in [1.807, 2.05) is 12.1 Å². The molecule has 0 saturated carbocycles. The van der Waals surface area contributed by atoms with Crippen LogP contribution < -0.4 is 14.2 Å². The van der Waals surface area contributed by atoms with Gasteiger partial charge in [0.2, 0.25) is 0 Å². The van der Waals surface area contributed by atoms with Crippen molar-refractivity contribution in [3.63, 3.8) is 0 Å². The smallest absolute Gasteiger partial charge is 0.130 e. The normalized spacial score (nSPS) is 10.7. The van der Waals surface area contributed by atoms with Gasteiger partial charge < -0.3 is 19.1 Å². The fourth-order valence-corrected chi connectivity index (χ4v) is 2.78. The summed E-state index contributed by atoms with van der Waals surface area (Å²) in [4.78, 5) is 2.29. The summed E-state index contributed by atoms with van der Waals surface area (Å²) in [5.74, 6) is 2.32. The van der Waals surface area contributed by atoms with E-state index in [-0.39, 0.29) is 0 Å². The molecular weight excluding hydrogens is 302 g/mol. The Hall–Kier alpha value is -2.20. The predicted molar refractivity (Wildman–Crippen MR) is 97.2 cm³/mol. The van der Waals surface area contributed by atoms with Crippen LogP contribution in [0.25, 0.3) is 0 Å². The molecule has 0 aliphatic heterocycles. The van der Waals surface area contributed by atoms with Gasteiger partial charge in [-0.25, -0.2) is 0 Å². The molecule has 2 aromatic carbocycles. The lowest BCUT2D eigenvalue weighted by molar-refractivity contribution is 0.301. The van der Waals surface area contributed by atoms with Crippen LogP contribution in [0, 0.1) is 0 Å². The minimum atomic E-state index is 0.735. The van der Waals surface area contributed by atoms with Crippen LogP contribution in [0.4, 0.5) is 0 Å². The number of aryl methyl sites for hydroxylation is 1. The summed E-state index contributed by atoms with van der Waals surface area (Å²) < 4.78 is 16.3. The number of rotatable bonds is 9. The Morgan fingerprint density at radius 2 is 1.50 bits per heavy atom. The molecule has 0 fully saturated rings. The Morgan fingerprint density at radius 3 is 2.04 bits per heavy atom. The Labute approximate surface area is 145 Å². The molecule has 0 atom stereocenters. The van der Waals surface area contributed by atoms with Crippen LogP contribution in [0.15, 0.2) is 42.5 Å². The molecule has 24 heavy (non-hydrogen) atoms. The highest BCUT2D eigenvalue weighted by atomic mass is 16.5. The van der Waals surface area contributed by atoms with Gasteiger partial charge >= 0.3 is 0 Å². The SMILES string of the molecule is COc1cc(OC)c(CN(C)CCCc2ccccc2)c(OC)c1. The summed E-state index contributed by atoms with van der Waals surface area (Å²) in [6.45, 7) is 1.78. The maximum Gasteiger partial charge on any atom is 0.130 e. The van der Waals surface area contributed by atoms with Crippen LogP contribution in [0.1, 0.15) is 17.5 Å². The lowest BCUT2D eigenvalue weighted by Gasteiger charge is -2.21. The van der Waals surface area contributed by atoms with E-state index in [0.29, 0.717) is 0 Å². The number of ether oxygens (including phenoxy) is 3. The van der Waals surface area contributed by atoms with Crippen molar-refractivity contribution in [1.29, 1.82) is 0 Å². The van der Waals surface area contributed by atoms with Gasteiger partial charge in [-0.05, 0) is 32.0 Å². The van der Waals surface area contributed by atoms with Crippen molar-refractivity contribution in [3.05, 3.63) is 53.6 Å². The van der Waals surface area contributed by atoms with E-state index in [0.717, 1.165) is 48.7 Å². The molecule has 0 bridgehead atoms. The molecule has 4 nitrogen and oxygen atoms in total. The van der Waals surface area contributed by atoms with Crippen LogP contribution in [0.2, 0.25) is 0 Å². The van der Waals surface area contributed by atoms with Gasteiger partial charge in [0.25, 0.3) is 0 Å². The summed E-state index contributed by atoms with van der Waals surface area (Å²) >= 11 is 0. The molecule has 0 spiro atoms. The lowest BCUT2D eigenvalue weighted by atomic mass is 10.1. The highest BCUT2D eigenvalue weighted by molar-refractivity contribution is 5.50. The molecule has 0 aliphatic rings. The molecule has 130 valence electrons. The maximum atomic E-state index is 5.52. The largest absolute Gasteiger partial charge is 0.496 e. The zero-order valence-corrected chi connectivity index (χ0v) is 15.0. The van der Waals surface area contributed by atoms with Crippen LogP contribution in [-0.4, -0.2) is 39.8 Å². The van der Waals surface area contributed by atoms with Gasteiger partial charge in [0.15, 0.2) is 0 Å². The summed E-state index contributed by atoms with van der Waals surface area (Å²) in [6, 6.07) is 14.4. The van der Waals surface area contributed by atoms with Crippen molar-refractivity contribution in [2.45, 2.75) is 19.4 Å². The maximum absolute atomic E-state index is 5.52. The third-order valence-corrected chi connectivity index (χ3v) is 4.09. The van der Waals surface area contributed by atoms with Crippen molar-refractivity contribution in [2.75, 3.05) is 34.9 Å². The second-order valence-electron chi connectivity index (χ2n) is 5.84. The van der Waals surface area contributed by atoms with E-state index in [2.05, 4.69) is 42.3 Å². The summed E-state index contributed by atoms with van der Waals surface area (Å²) in [6.07, 6.45) is 2.20. The van der Waals surface area contributed by atoms with Crippen molar-refractivity contribution >= 4 is 0 Å². The van der Waals surface area contributed by atoms with Gasteiger partial charge in [0.1, 0.15) is 17.2 Å². The Bertz CT molecular complexity index is 603. The van der Waals surface area contributed by atoms with Gasteiger partial charge in [-0.1, -0.05) is 30.3 Å². The first-order chi connectivity index (χ1) is 11.7. The summed E-state index contributed by atoms with van der Waals surface area (Å²) in [5, 5.41) is 0. The predicted octanol–water partition coefficient (Wildman–Crippen LogP) is 3.78. The van der Waals surface area contributed by atoms with Gasteiger partial charge in [0.05, 0.1) is 26.9 Å². The van der Waals surface area contributed by atoms with Crippen LogP contribution in [0.3, 0.4) is 0 Å². The minimum Gasteiger partial charge on any atom is -0.496 e. The summed E-state index contributed by atoms with van der Waals surface area (Å²) in [5.41, 5.74) is 2.42. The average molecular weight is 329 g/mol. The van der Waals surface area contributed by atoms with E-state index >= 15 is 0 Å². The van der Waals surface area contributed by atoms with E-state index in [4.69, 9.17) is 14.2 Å². The number of nitrogens with zero attached hydrogens (tertiary/aromatic N) is 1. The van der Waals surface area contributed by atoms with Crippen LogP contribution in [-0.2, 0) is 13.0 Å². The topological polar surface area (TPSA) is 30.9 Å². The molecule has 0 amide bonds. The van der Waals surface area contributed by atoms with Crippen molar-refractivity contribution in [3.8, 4) is 17.2 Å². The lowest BCUT2D eigenvalue weighted by Crippen LogP contribution is -2.20. The second-order valence-corrected chi connectivity index (χ2v) is 5.84. The Morgan fingerprint density at radius 1 is 0.875 bits per heavy atom. The molecule has 2 aromatic rings. The van der Waals surface area contributed by atoms with Gasteiger partial charge in [0, 0.05) is 18.7 Å². The molecular formula is C20H27NO3. The van der Waals surface area contributed by atoms with Gasteiger partial charge in [-0.3, -0.25) is 0 Å². The molecule has 4 heteroatoms. The van der Waals surface area contributed by atoms with Crippen molar-refractivity contribution in [2.24, 2.45) is 0 Å². The quantitative estimate of drug-likeness (QED) is 0.700. The van der Waals surface area contributed by atoms with Crippen LogP contribution in [0.5, 0.6) is 17.2 Å². The monoisotopic (exact) mass is 329 g/mol. The first-order valence-corrected chi connectivity index (χ1v) is 8.19. The van der Waals surface area contributed by atoms with E-state index in [9.17, 15) is 0 Å². The highest BCUT2D eigenvalue weighted by Gasteiger charge is 2.15. The number of benzene rings is 2. The third kappa shape index (κ3) is 4.90. The Kier molecular flexibility index (Phi) is 6.94. The first kappa shape index (κ1) is 18.1. The molecule has 0 aromatic heterocycles. The van der Waals surface area contributed by atoms with Crippen molar-refractivity contribution in [1.82, 2.24) is 4.90 Å². The molecule has 0 heterocycles. The molecule has 0 aliphatic carbocycles. The molecule has 0 saturated heterocycles. The number of hydrogen-bond donors (Lipinski definition) is 0. The highest BCUT2D eigenvalue weighted by Crippen LogP contribution is 2.34. The second kappa shape index (κ2) is 9.18. The molecule has 0 N–H and O–H groups in total. The molecule has 0 radical (unpaired) electrons. The van der Waals surface area contributed by atoms with E-state index in [1.54, 1.807) is 21.3 Å².